The number of anilines is 1. The fourth-order valence-electron chi connectivity index (χ4n) is 3.90. The van der Waals surface area contributed by atoms with E-state index in [2.05, 4.69) is 5.32 Å². The van der Waals surface area contributed by atoms with Crippen LogP contribution in [0.3, 0.4) is 0 Å². The topological polar surface area (TPSA) is 58.6 Å². The smallest absolute Gasteiger partial charge is 0.419 e. The largest absolute Gasteiger partial charge is 0.485 e. The van der Waals surface area contributed by atoms with Crippen molar-refractivity contribution in [1.82, 2.24) is 4.90 Å². The van der Waals surface area contributed by atoms with Crippen molar-refractivity contribution in [2.75, 3.05) is 18.4 Å². The van der Waals surface area contributed by atoms with Crippen LogP contribution in [-0.2, 0) is 6.18 Å². The van der Waals surface area contributed by atoms with E-state index in [4.69, 9.17) is 16.3 Å². The number of ether oxygens (including phenoxy) is 1. The molecule has 0 radical (unpaired) electrons. The first-order valence-corrected chi connectivity index (χ1v) is 9.79. The van der Waals surface area contributed by atoms with Gasteiger partial charge in [0.2, 0.25) is 0 Å². The van der Waals surface area contributed by atoms with Crippen molar-refractivity contribution in [2.45, 2.75) is 31.0 Å². The molecule has 1 N–H and O–H groups in total. The Morgan fingerprint density at radius 2 is 1.83 bits per heavy atom. The molecule has 0 saturated carbocycles. The maximum absolute atomic E-state index is 13.4. The van der Waals surface area contributed by atoms with Crippen LogP contribution >= 0.6 is 11.6 Å². The summed E-state index contributed by atoms with van der Waals surface area (Å²) in [5.41, 5.74) is -1.50. The number of amides is 2. The van der Waals surface area contributed by atoms with Crippen molar-refractivity contribution in [2.24, 2.45) is 0 Å². The molecule has 1 fully saturated rings. The summed E-state index contributed by atoms with van der Waals surface area (Å²) in [6, 6.07) is 9.85. The first kappa shape index (κ1) is 20.5. The van der Waals surface area contributed by atoms with Crippen LogP contribution in [-0.4, -0.2) is 35.4 Å². The van der Waals surface area contributed by atoms with Gasteiger partial charge in [-0.2, -0.15) is 13.2 Å². The van der Waals surface area contributed by atoms with E-state index in [9.17, 15) is 22.8 Å². The van der Waals surface area contributed by atoms with Crippen LogP contribution in [0, 0.1) is 0 Å². The van der Waals surface area contributed by atoms with E-state index in [-0.39, 0.29) is 49.7 Å². The highest BCUT2D eigenvalue weighted by molar-refractivity contribution is 6.30. The fourth-order valence-corrected chi connectivity index (χ4v) is 4.09. The molecule has 1 spiro atoms. The number of benzene rings is 2. The molecule has 1 saturated heterocycles. The van der Waals surface area contributed by atoms with E-state index in [0.717, 1.165) is 6.07 Å². The number of nitrogens with zero attached hydrogens (tertiary/aromatic N) is 1. The number of likely N-dealkylation sites (tertiary alicyclic amines) is 1. The summed E-state index contributed by atoms with van der Waals surface area (Å²) in [6.45, 7) is 0.506. The number of halogens is 4. The van der Waals surface area contributed by atoms with Crippen LogP contribution < -0.4 is 10.1 Å². The lowest BCUT2D eigenvalue weighted by Crippen LogP contribution is -2.53. The Hall–Kier alpha value is -2.74. The molecule has 2 aliphatic rings. The summed E-state index contributed by atoms with van der Waals surface area (Å²) >= 11 is 5.92. The first-order chi connectivity index (χ1) is 14.2. The lowest BCUT2D eigenvalue weighted by molar-refractivity contribution is -0.140. The van der Waals surface area contributed by atoms with Gasteiger partial charge in [0.05, 0.1) is 17.5 Å². The number of fused-ring (bicyclic) bond motifs is 1. The van der Waals surface area contributed by atoms with Gasteiger partial charge in [-0.25, -0.2) is 4.79 Å². The van der Waals surface area contributed by atoms with Gasteiger partial charge < -0.3 is 15.0 Å². The monoisotopic (exact) mass is 438 g/mol. The van der Waals surface area contributed by atoms with Crippen molar-refractivity contribution >= 4 is 29.1 Å². The molecule has 0 bridgehead atoms. The summed E-state index contributed by atoms with van der Waals surface area (Å²) < 4.78 is 46.0. The van der Waals surface area contributed by atoms with E-state index < -0.39 is 23.1 Å². The Bertz CT molecular complexity index is 1000. The van der Waals surface area contributed by atoms with Crippen molar-refractivity contribution in [3.63, 3.8) is 0 Å². The summed E-state index contributed by atoms with van der Waals surface area (Å²) in [6.07, 6.45) is -4.12. The van der Waals surface area contributed by atoms with Crippen molar-refractivity contribution < 1.29 is 27.5 Å². The van der Waals surface area contributed by atoms with Gasteiger partial charge in [-0.05, 0) is 30.3 Å². The normalized spacial score (nSPS) is 18.0. The molecule has 30 heavy (non-hydrogen) atoms. The molecule has 0 aromatic heterocycles. The van der Waals surface area contributed by atoms with E-state index in [0.29, 0.717) is 10.7 Å². The Morgan fingerprint density at radius 1 is 1.13 bits per heavy atom. The van der Waals surface area contributed by atoms with Gasteiger partial charge in [0, 0.05) is 36.6 Å². The summed E-state index contributed by atoms with van der Waals surface area (Å²) in [5, 5.41) is 3.23. The molecule has 0 unspecified atom stereocenters. The molecule has 158 valence electrons. The Balaban J connectivity index is 1.49. The number of rotatable bonds is 1. The van der Waals surface area contributed by atoms with Gasteiger partial charge >= 0.3 is 12.2 Å². The number of hydrogen-bond acceptors (Lipinski definition) is 3. The molecule has 2 aromatic rings. The number of hydrogen-bond donors (Lipinski definition) is 1. The number of urea groups is 1. The second kappa shape index (κ2) is 7.50. The highest BCUT2D eigenvalue weighted by Gasteiger charge is 2.47. The molecule has 0 atom stereocenters. The van der Waals surface area contributed by atoms with Crippen molar-refractivity contribution in [3.8, 4) is 5.75 Å². The third-order valence-electron chi connectivity index (χ3n) is 5.46. The molecule has 5 nitrogen and oxygen atoms in total. The second-order valence-corrected chi connectivity index (χ2v) is 7.93. The quantitative estimate of drug-likeness (QED) is 0.649. The van der Waals surface area contributed by atoms with Crippen molar-refractivity contribution in [3.05, 3.63) is 58.6 Å². The number of carbonyl (C=O) groups excluding carboxylic acids is 2. The Labute approximate surface area is 175 Å². The zero-order valence-electron chi connectivity index (χ0n) is 15.8. The highest BCUT2D eigenvalue weighted by Crippen LogP contribution is 2.45. The van der Waals surface area contributed by atoms with Gasteiger partial charge in [0.15, 0.2) is 5.78 Å². The van der Waals surface area contributed by atoms with E-state index in [1.165, 1.54) is 12.1 Å². The number of para-hydroxylation sites is 1. The number of carbonyl (C=O) groups is 2. The lowest BCUT2D eigenvalue weighted by atomic mass is 9.82. The molecule has 9 heteroatoms. The third-order valence-corrected chi connectivity index (χ3v) is 5.70. The molecular formula is C21H18ClF3N2O3. The average Bonchev–Trinajstić information content (AvgIpc) is 2.67. The maximum Gasteiger partial charge on any atom is 0.419 e. The zero-order valence-corrected chi connectivity index (χ0v) is 16.5. The summed E-state index contributed by atoms with van der Waals surface area (Å²) in [7, 11) is 0. The predicted octanol–water partition coefficient (Wildman–Crippen LogP) is 5.39. The molecule has 2 heterocycles. The minimum atomic E-state index is -4.62. The van der Waals surface area contributed by atoms with E-state index in [1.807, 2.05) is 0 Å². The molecule has 2 aliphatic heterocycles. The Kier molecular flexibility index (Phi) is 5.13. The summed E-state index contributed by atoms with van der Waals surface area (Å²) in [5.74, 6) is -0.780. The van der Waals surface area contributed by atoms with Crippen LogP contribution in [0.4, 0.5) is 23.7 Å². The third kappa shape index (κ3) is 3.96. The number of nitrogens with one attached hydrogen (secondary N) is 1. The molecule has 4 rings (SSSR count). The number of ketones is 1. The van der Waals surface area contributed by atoms with Crippen LogP contribution in [0.15, 0.2) is 42.5 Å². The van der Waals surface area contributed by atoms with Gasteiger partial charge in [0.25, 0.3) is 0 Å². The zero-order chi connectivity index (χ0) is 21.5. The SMILES string of the molecule is O=C1CC2(CCN(C(=O)Nc3cccc(Cl)c3)CC2)Oc2c1cccc2C(F)(F)F. The van der Waals surface area contributed by atoms with Gasteiger partial charge in [0.1, 0.15) is 11.4 Å². The van der Waals surface area contributed by atoms with Gasteiger partial charge in [-0.15, -0.1) is 0 Å². The van der Waals surface area contributed by atoms with Gasteiger partial charge in [-0.3, -0.25) is 4.79 Å². The number of piperidine rings is 1. The summed E-state index contributed by atoms with van der Waals surface area (Å²) in [4.78, 5) is 26.6. The van der Waals surface area contributed by atoms with Gasteiger partial charge in [-0.1, -0.05) is 23.7 Å². The number of alkyl halides is 3. The minimum Gasteiger partial charge on any atom is -0.485 e. The average molecular weight is 439 g/mol. The first-order valence-electron chi connectivity index (χ1n) is 9.41. The van der Waals surface area contributed by atoms with Crippen LogP contribution in [0.25, 0.3) is 0 Å². The van der Waals surface area contributed by atoms with Crippen LogP contribution in [0.2, 0.25) is 5.02 Å². The highest BCUT2D eigenvalue weighted by atomic mass is 35.5. The van der Waals surface area contributed by atoms with E-state index >= 15 is 0 Å². The fraction of sp³-hybridized carbons (Fsp3) is 0.333. The molecule has 2 aromatic carbocycles. The van der Waals surface area contributed by atoms with E-state index in [1.54, 1.807) is 29.2 Å². The minimum absolute atomic E-state index is 0.00887. The lowest BCUT2D eigenvalue weighted by Gasteiger charge is -2.44. The van der Waals surface area contributed by atoms with Crippen molar-refractivity contribution in [1.29, 1.82) is 0 Å². The predicted molar refractivity (Wildman–Crippen MR) is 105 cm³/mol. The number of Topliss-reactive ketones (excluding diaryl/α,β-unsaturated/α-hetero) is 1. The molecular weight excluding hydrogens is 421 g/mol. The Morgan fingerprint density at radius 3 is 2.50 bits per heavy atom. The van der Waals surface area contributed by atoms with Crippen LogP contribution in [0.1, 0.15) is 35.2 Å². The van der Waals surface area contributed by atoms with Crippen LogP contribution in [0.5, 0.6) is 5.75 Å². The second-order valence-electron chi connectivity index (χ2n) is 7.49. The maximum atomic E-state index is 13.4. The standard InChI is InChI=1S/C21H18ClF3N2O3/c22-13-3-1-4-14(11-13)26-19(29)27-9-7-20(8-10-27)12-17(28)15-5-2-6-16(18(15)30-20)21(23,24)25/h1-6,11H,7-10,12H2,(H,26,29). The molecule has 2 amide bonds. The molecule has 0 aliphatic carbocycles.